The lowest BCUT2D eigenvalue weighted by Gasteiger charge is -2.25. The Morgan fingerprint density at radius 2 is 0.884 bits per heavy atom. The Morgan fingerprint density at radius 3 is 1.37 bits per heavy atom. The fourth-order valence-electron chi connectivity index (χ4n) is 6.19. The van der Waals surface area contributed by atoms with Gasteiger partial charge in [0.15, 0.2) is 0 Å². The second-order valence-corrected chi connectivity index (χ2v) is 12.8. The van der Waals surface area contributed by atoms with E-state index >= 15 is 0 Å². The molecule has 8 rings (SSSR count). The molecule has 2 heterocycles. The van der Waals surface area contributed by atoms with Crippen LogP contribution in [0.4, 0.5) is 34.1 Å². The Kier molecular flexibility index (Phi) is 6.25. The van der Waals surface area contributed by atoms with Crippen molar-refractivity contribution in [2.75, 3.05) is 9.80 Å². The zero-order chi connectivity index (χ0) is 28.8. The molecule has 0 N–H and O–H groups in total. The van der Waals surface area contributed by atoms with Crippen molar-refractivity contribution < 1.29 is 4.42 Å². The molecule has 0 spiro atoms. The molecule has 0 bridgehead atoms. The molecule has 6 aromatic carbocycles. The Labute approximate surface area is 251 Å². The van der Waals surface area contributed by atoms with Crippen LogP contribution in [0.15, 0.2) is 162 Å². The summed E-state index contributed by atoms with van der Waals surface area (Å²) in [4.78, 5) is 4.60. The summed E-state index contributed by atoms with van der Waals surface area (Å²) in [5, 5.41) is 5.10. The first kappa shape index (κ1) is 25.5. The number of anilines is 6. The van der Waals surface area contributed by atoms with Crippen molar-refractivity contribution in [1.29, 1.82) is 0 Å². The molecule has 0 fully saturated rings. The number of benzene rings is 6. The summed E-state index contributed by atoms with van der Waals surface area (Å²) in [5.41, 5.74) is 8.60. The van der Waals surface area contributed by atoms with Gasteiger partial charge >= 0.3 is 0 Å². The summed E-state index contributed by atoms with van der Waals surface area (Å²) in [6, 6.07) is 55.7. The molecule has 0 amide bonds. The van der Waals surface area contributed by atoms with Crippen molar-refractivity contribution in [1.82, 2.24) is 0 Å². The van der Waals surface area contributed by atoms with Gasteiger partial charge in [0.1, 0.15) is 11.2 Å². The minimum Gasteiger partial charge on any atom is -0.455 e. The van der Waals surface area contributed by atoms with Crippen molar-refractivity contribution in [3.8, 4) is 0 Å². The van der Waals surface area contributed by atoms with Gasteiger partial charge in [0.05, 0.1) is 0 Å². The molecule has 2 aromatic heterocycles. The van der Waals surface area contributed by atoms with Gasteiger partial charge < -0.3 is 14.2 Å². The van der Waals surface area contributed by atoms with E-state index in [2.05, 4.69) is 174 Å². The average Bonchev–Trinajstić information content (AvgIpc) is 3.58. The lowest BCUT2D eigenvalue weighted by Crippen LogP contribution is -2.09. The van der Waals surface area contributed by atoms with E-state index in [0.29, 0.717) is 0 Å². The quantitative estimate of drug-likeness (QED) is 0.198. The van der Waals surface area contributed by atoms with Gasteiger partial charge in [0.25, 0.3) is 0 Å². The molecule has 43 heavy (non-hydrogen) atoms. The molecule has 1 unspecified atom stereocenters. The topological polar surface area (TPSA) is 19.6 Å². The third-order valence-electron chi connectivity index (χ3n) is 8.14. The summed E-state index contributed by atoms with van der Waals surface area (Å²) < 4.78 is 6.79. The van der Waals surface area contributed by atoms with Crippen LogP contribution >= 0.6 is 7.53 Å². The largest absolute Gasteiger partial charge is 0.455 e. The van der Waals surface area contributed by atoms with Crippen molar-refractivity contribution in [2.45, 2.75) is 0 Å². The maximum atomic E-state index is 6.79. The number of para-hydroxylation sites is 4. The maximum absolute atomic E-state index is 6.79. The second kappa shape index (κ2) is 10.5. The van der Waals surface area contributed by atoms with Gasteiger partial charge in [-0.15, -0.1) is 7.53 Å². The lowest BCUT2D eigenvalue weighted by atomic mass is 10.1. The summed E-state index contributed by atoms with van der Waals surface area (Å²) in [6.45, 7) is 2.36. The zero-order valence-corrected chi connectivity index (χ0v) is 24.7. The van der Waals surface area contributed by atoms with Crippen LogP contribution in [-0.2, 0) is 6.66 Å². The van der Waals surface area contributed by atoms with E-state index in [1.165, 1.54) is 21.0 Å². The van der Waals surface area contributed by atoms with E-state index in [1.807, 2.05) is 0 Å². The van der Waals surface area contributed by atoms with E-state index in [9.17, 15) is 0 Å². The second-order valence-electron chi connectivity index (χ2n) is 10.7. The number of aryl methyl sites for hydroxylation is 1. The number of fused-ring (bicyclic) bond motifs is 5. The van der Waals surface area contributed by atoms with Gasteiger partial charge in [-0.3, -0.25) is 0 Å². The Morgan fingerprint density at radius 1 is 0.442 bits per heavy atom. The van der Waals surface area contributed by atoms with Crippen LogP contribution in [0, 0.1) is 0 Å². The first-order chi connectivity index (χ1) is 21.3. The predicted octanol–water partition coefficient (Wildman–Crippen LogP) is 12.2. The molecule has 8 aromatic rings. The number of hydrogen-bond donors (Lipinski definition) is 0. The van der Waals surface area contributed by atoms with Gasteiger partial charge in [-0.05, 0) is 85.5 Å². The Bertz CT molecular complexity index is 2110. The van der Waals surface area contributed by atoms with Crippen LogP contribution in [0.5, 0.6) is 0 Å². The van der Waals surface area contributed by atoms with Crippen LogP contribution in [-0.4, -0.2) is 0 Å². The first-order valence-corrected chi connectivity index (χ1v) is 16.3. The summed E-state index contributed by atoms with van der Waals surface area (Å²) in [5.74, 6) is 0. The van der Waals surface area contributed by atoms with Crippen LogP contribution in [0.3, 0.4) is 0 Å². The minimum absolute atomic E-state index is 0.538. The Hall–Kier alpha value is -5.24. The molecule has 4 heteroatoms. The van der Waals surface area contributed by atoms with Crippen molar-refractivity contribution >= 4 is 73.8 Å². The van der Waals surface area contributed by atoms with Crippen molar-refractivity contribution in [2.24, 2.45) is 6.66 Å². The van der Waals surface area contributed by atoms with Crippen LogP contribution in [0.2, 0.25) is 0 Å². The smallest absolute Gasteiger partial charge is 0.147 e. The summed E-state index contributed by atoms with van der Waals surface area (Å²) in [7, 11) is -0.538. The maximum Gasteiger partial charge on any atom is 0.147 e. The van der Waals surface area contributed by atoms with Crippen LogP contribution in [0.1, 0.15) is 0 Å². The molecule has 3 nitrogen and oxygen atoms in total. The van der Waals surface area contributed by atoms with E-state index in [1.54, 1.807) is 0 Å². The monoisotopic (exact) mass is 572 g/mol. The van der Waals surface area contributed by atoms with Gasteiger partial charge in [-0.2, -0.15) is 0 Å². The third-order valence-corrected chi connectivity index (χ3v) is 10.4. The minimum atomic E-state index is -0.538. The highest BCUT2D eigenvalue weighted by atomic mass is 31.1. The van der Waals surface area contributed by atoms with E-state index < -0.39 is 7.53 Å². The normalized spacial score (nSPS) is 11.8. The van der Waals surface area contributed by atoms with Gasteiger partial charge in [-0.1, -0.05) is 72.8 Å². The molecule has 0 aliphatic carbocycles. The molecule has 0 aliphatic heterocycles. The van der Waals surface area contributed by atoms with Gasteiger partial charge in [0.2, 0.25) is 0 Å². The molecule has 1 atom stereocenters. The highest BCUT2D eigenvalue weighted by molar-refractivity contribution is 7.60. The Balaban J connectivity index is 1.30. The highest BCUT2D eigenvalue weighted by Crippen LogP contribution is 2.53. The first-order valence-electron chi connectivity index (χ1n) is 14.5. The fraction of sp³-hybridized carbons (Fsp3) is 0.0256. The van der Waals surface area contributed by atoms with Gasteiger partial charge in [-0.25, -0.2) is 0 Å². The van der Waals surface area contributed by atoms with Gasteiger partial charge in [0, 0.05) is 61.2 Å². The van der Waals surface area contributed by atoms with E-state index in [0.717, 1.165) is 45.3 Å². The number of furan rings is 1. The zero-order valence-electron chi connectivity index (χ0n) is 23.8. The van der Waals surface area contributed by atoms with E-state index in [-0.39, 0.29) is 0 Å². The number of rotatable bonds is 6. The van der Waals surface area contributed by atoms with E-state index in [4.69, 9.17) is 4.42 Å². The average molecular weight is 573 g/mol. The molecular formula is C39H29N2OP. The van der Waals surface area contributed by atoms with Crippen LogP contribution < -0.4 is 9.80 Å². The molecule has 0 saturated carbocycles. The highest BCUT2D eigenvalue weighted by Gasteiger charge is 2.21. The number of hydrogen-bond acceptors (Lipinski definition) is 3. The van der Waals surface area contributed by atoms with Crippen molar-refractivity contribution in [3.63, 3.8) is 0 Å². The molecule has 0 aliphatic rings. The SMILES string of the molecule is Cp1c2ccc(N(c3ccccc3)c3ccccc3)cc2c2oc3cc(N(c4ccccc4)c4ccccc4)ccc3c21. The molecule has 0 radical (unpaired) electrons. The standard InChI is InChI=1S/C39H29N2OP/c1-43-37-25-23-32(40(28-14-6-2-7-15-28)29-16-8-3-9-17-29)26-35(37)38-39(43)34-24-22-33(27-36(34)42-38)41(30-18-10-4-11-19-30)31-20-12-5-13-21-31/h2-27H,1H3. The summed E-state index contributed by atoms with van der Waals surface area (Å²) >= 11 is 0. The predicted molar refractivity (Wildman–Crippen MR) is 184 cm³/mol. The number of nitrogens with zero attached hydrogens (tertiary/aromatic N) is 2. The molecule has 206 valence electrons. The van der Waals surface area contributed by atoms with Crippen molar-refractivity contribution in [3.05, 3.63) is 158 Å². The summed E-state index contributed by atoms with van der Waals surface area (Å²) in [6.07, 6.45) is 0. The fourth-order valence-corrected chi connectivity index (χ4v) is 8.27. The third kappa shape index (κ3) is 4.37. The molecule has 0 saturated heterocycles. The molecular weight excluding hydrogens is 543 g/mol. The lowest BCUT2D eigenvalue weighted by molar-refractivity contribution is 0.673. The van der Waals surface area contributed by atoms with Crippen LogP contribution in [0.25, 0.3) is 32.2 Å².